The van der Waals surface area contributed by atoms with Gasteiger partial charge in [0.1, 0.15) is 0 Å². The van der Waals surface area contributed by atoms with Crippen LogP contribution in [0.5, 0.6) is 0 Å². The van der Waals surface area contributed by atoms with E-state index in [1.165, 1.54) is 0 Å². The molecule has 0 nitrogen and oxygen atoms in total. The van der Waals surface area contributed by atoms with E-state index in [0.717, 1.165) is 0 Å². The zero-order chi connectivity index (χ0) is 22.7. The normalized spacial score (nSPS) is 20.2. The summed E-state index contributed by atoms with van der Waals surface area (Å²) in [6.45, 7) is 22.1. The summed E-state index contributed by atoms with van der Waals surface area (Å²) < 4.78 is 3.95. The first-order valence-electron chi connectivity index (χ1n) is 11.7. The maximum absolute atomic E-state index is 2.66. The molecule has 0 saturated heterocycles. The molecule has 2 aromatic carbocycles. The Bertz CT molecular complexity index is 1050. The van der Waals surface area contributed by atoms with Crippen LogP contribution in [0, 0.1) is 0 Å². The monoisotopic (exact) mass is 478 g/mol. The van der Waals surface area contributed by atoms with Gasteiger partial charge >= 0.3 is 199 Å². The van der Waals surface area contributed by atoms with Gasteiger partial charge in [0.15, 0.2) is 0 Å². The molecule has 0 radical (unpaired) electrons. The van der Waals surface area contributed by atoms with E-state index < -0.39 is 33.6 Å². The molecule has 0 aromatic heterocycles. The third-order valence-corrected chi connectivity index (χ3v) is 16.8. The van der Waals surface area contributed by atoms with Crippen LogP contribution in [-0.4, -0.2) is 20.5 Å². The fraction of sp³-hybridized carbons (Fsp3) is 0.393. The quantitative estimate of drug-likeness (QED) is 0.422. The van der Waals surface area contributed by atoms with Crippen molar-refractivity contribution in [3.8, 4) is 0 Å². The summed E-state index contributed by atoms with van der Waals surface area (Å²) in [4.78, 5) is 0. The number of allylic oxidation sites excluding steroid dienone is 2. The van der Waals surface area contributed by atoms with Crippen LogP contribution < -0.4 is 10.4 Å². The molecule has 4 rings (SSSR count). The van der Waals surface area contributed by atoms with Crippen molar-refractivity contribution in [2.45, 2.75) is 68.5 Å². The second kappa shape index (κ2) is 8.06. The minimum atomic E-state index is -1.64. The summed E-state index contributed by atoms with van der Waals surface area (Å²) in [5.41, 5.74) is 9.63. The molecule has 31 heavy (non-hydrogen) atoms. The van der Waals surface area contributed by atoms with Crippen LogP contribution in [0.3, 0.4) is 0 Å². The van der Waals surface area contributed by atoms with Gasteiger partial charge in [-0.2, -0.15) is 0 Å². The van der Waals surface area contributed by atoms with E-state index in [4.69, 9.17) is 0 Å². The third kappa shape index (κ3) is 3.95. The molecule has 0 N–H and O–H groups in total. The first-order valence-corrected chi connectivity index (χ1v) is 21.4. The van der Waals surface area contributed by atoms with Crippen LogP contribution in [0.15, 0.2) is 47.5 Å². The Kier molecular flexibility index (Phi) is 6.01. The van der Waals surface area contributed by atoms with Gasteiger partial charge in [-0.3, -0.25) is 0 Å². The van der Waals surface area contributed by atoms with Crippen LogP contribution >= 0.6 is 0 Å². The first kappa shape index (κ1) is 23.1. The molecule has 162 valence electrons. The summed E-state index contributed by atoms with van der Waals surface area (Å²) in [6, 6.07) is 14.4. The van der Waals surface area contributed by atoms with E-state index in [1.54, 1.807) is 43.8 Å². The van der Waals surface area contributed by atoms with Crippen LogP contribution in [0.2, 0.25) is 39.3 Å². The zero-order valence-electron chi connectivity index (χ0n) is 20.9. The van der Waals surface area contributed by atoms with E-state index in [0.29, 0.717) is 8.45 Å². The van der Waals surface area contributed by atoms with Gasteiger partial charge in [-0.25, -0.2) is 0 Å². The Morgan fingerprint density at radius 1 is 0.677 bits per heavy atom. The first-order chi connectivity index (χ1) is 14.4. The Morgan fingerprint density at radius 3 is 1.39 bits per heavy atom. The van der Waals surface area contributed by atoms with Gasteiger partial charge in [-0.1, -0.05) is 0 Å². The SMILES string of the molecule is C[CH]=[Ti]([CH]1C(C)=Cc2c1cccc2[Si](C)(C)C)[CH]1C(C)=Cc2c1cccc2[Si](C)(C)C. The van der Waals surface area contributed by atoms with Crippen molar-refractivity contribution in [1.82, 2.24) is 0 Å². The Labute approximate surface area is 197 Å². The van der Waals surface area contributed by atoms with Crippen molar-refractivity contribution in [2.75, 3.05) is 0 Å². The van der Waals surface area contributed by atoms with Crippen LogP contribution in [-0.2, 0) is 17.4 Å². The van der Waals surface area contributed by atoms with Crippen molar-refractivity contribution >= 4 is 43.0 Å². The molecule has 2 atom stereocenters. The van der Waals surface area contributed by atoms with Gasteiger partial charge in [0.2, 0.25) is 0 Å². The van der Waals surface area contributed by atoms with Crippen molar-refractivity contribution in [1.29, 1.82) is 0 Å². The molecule has 2 unspecified atom stereocenters. The summed E-state index contributed by atoms with van der Waals surface area (Å²) in [5.74, 6) is 0. The Morgan fingerprint density at radius 2 is 1.06 bits per heavy atom. The van der Waals surface area contributed by atoms with Crippen LogP contribution in [0.1, 0.15) is 51.5 Å². The zero-order valence-corrected chi connectivity index (χ0v) is 24.4. The van der Waals surface area contributed by atoms with Gasteiger partial charge in [0.05, 0.1) is 0 Å². The molecule has 0 bridgehead atoms. The van der Waals surface area contributed by atoms with Crippen LogP contribution in [0.25, 0.3) is 12.2 Å². The third-order valence-electron chi connectivity index (χ3n) is 7.17. The summed E-state index contributed by atoms with van der Waals surface area (Å²) in [7, 11) is -2.74. The molecule has 2 aromatic rings. The van der Waals surface area contributed by atoms with E-state index in [-0.39, 0.29) is 0 Å². The molecule has 3 heteroatoms. The molecule has 0 fully saturated rings. The minimum absolute atomic E-state index is 0.645. The van der Waals surface area contributed by atoms with Gasteiger partial charge in [0, 0.05) is 0 Å². The molecular formula is C28H38Si2Ti. The standard InChI is InChI=1S/2C13H17Si.C2H4.Ti/c2*1-10-8-11-6-5-7-13(12(11)9-10)14(2,3)4;1-2;/h2*5-9H,1-4H3;1H,2H3;. The van der Waals surface area contributed by atoms with Gasteiger partial charge in [-0.05, 0) is 0 Å². The number of hydrogen-bond donors (Lipinski definition) is 0. The fourth-order valence-electron chi connectivity index (χ4n) is 5.80. The predicted octanol–water partition coefficient (Wildman–Crippen LogP) is 6.83. The number of benzene rings is 2. The summed E-state index contributed by atoms with van der Waals surface area (Å²) in [5, 5.41) is 3.28. The summed E-state index contributed by atoms with van der Waals surface area (Å²) >= 11 is -1.64. The molecular weight excluding hydrogens is 440 g/mol. The molecule has 0 aliphatic heterocycles. The van der Waals surface area contributed by atoms with Crippen molar-refractivity contribution in [3.05, 3.63) is 69.8 Å². The number of rotatable bonds is 4. The van der Waals surface area contributed by atoms with Crippen molar-refractivity contribution in [3.63, 3.8) is 0 Å². The van der Waals surface area contributed by atoms with Gasteiger partial charge in [0.25, 0.3) is 0 Å². The molecule has 2 aliphatic carbocycles. The fourth-order valence-corrected chi connectivity index (χ4v) is 14.4. The van der Waals surface area contributed by atoms with Crippen molar-refractivity contribution in [2.24, 2.45) is 0 Å². The second-order valence-corrected chi connectivity index (χ2v) is 25.9. The topological polar surface area (TPSA) is 0 Å². The summed E-state index contributed by atoms with van der Waals surface area (Å²) in [6.07, 6.45) is 5.11. The maximum atomic E-state index is 2.66. The average molecular weight is 479 g/mol. The molecule has 0 saturated carbocycles. The number of fused-ring (bicyclic) bond motifs is 2. The Balaban J connectivity index is 1.85. The van der Waals surface area contributed by atoms with E-state index in [2.05, 4.69) is 113 Å². The average Bonchev–Trinajstić information content (AvgIpc) is 3.17. The molecule has 0 heterocycles. The molecule has 0 spiro atoms. The van der Waals surface area contributed by atoms with Gasteiger partial charge in [-0.15, -0.1) is 0 Å². The predicted molar refractivity (Wildman–Crippen MR) is 143 cm³/mol. The van der Waals surface area contributed by atoms with E-state index >= 15 is 0 Å². The van der Waals surface area contributed by atoms with Gasteiger partial charge < -0.3 is 0 Å². The van der Waals surface area contributed by atoms with E-state index in [1.807, 2.05) is 0 Å². The molecule has 2 aliphatic rings. The molecule has 0 amide bonds. The number of hydrogen-bond acceptors (Lipinski definition) is 0. The Hall–Kier alpha value is -1.06. The van der Waals surface area contributed by atoms with Crippen LogP contribution in [0.4, 0.5) is 0 Å². The second-order valence-electron chi connectivity index (χ2n) is 11.5. The van der Waals surface area contributed by atoms with E-state index in [9.17, 15) is 0 Å². The van der Waals surface area contributed by atoms with Crippen molar-refractivity contribution < 1.29 is 17.4 Å².